The molecule has 0 aliphatic carbocycles. The summed E-state index contributed by atoms with van der Waals surface area (Å²) in [5, 5.41) is 0. The van der Waals surface area contributed by atoms with Gasteiger partial charge in [0.1, 0.15) is 5.75 Å². The molecule has 0 amide bonds. The molecule has 1 aromatic carbocycles. The van der Waals surface area contributed by atoms with Gasteiger partial charge in [-0.2, -0.15) is 0 Å². The second-order valence-electron chi connectivity index (χ2n) is 4.22. The summed E-state index contributed by atoms with van der Waals surface area (Å²) in [6, 6.07) is 5.82. The van der Waals surface area contributed by atoms with E-state index in [-0.39, 0.29) is 0 Å². The van der Waals surface area contributed by atoms with Crippen molar-refractivity contribution in [2.75, 3.05) is 25.9 Å². The molecule has 1 aliphatic rings. The molecule has 4 nitrogen and oxygen atoms in total. The molecule has 1 radical (unpaired) electrons. The SMILES string of the molecule is COc1cc(C2=CCN([B]C=O)CC2)ccc1N. The van der Waals surface area contributed by atoms with Gasteiger partial charge >= 0.3 is 0 Å². The van der Waals surface area contributed by atoms with Gasteiger partial charge in [-0.1, -0.05) is 12.1 Å². The van der Waals surface area contributed by atoms with Gasteiger partial charge in [0.25, 0.3) is 7.41 Å². The Hall–Kier alpha value is -1.75. The molecule has 0 unspecified atom stereocenters. The summed E-state index contributed by atoms with van der Waals surface area (Å²) < 4.78 is 5.22. The topological polar surface area (TPSA) is 55.6 Å². The molecule has 0 bridgehead atoms. The first-order valence-corrected chi connectivity index (χ1v) is 5.90. The van der Waals surface area contributed by atoms with E-state index in [1.54, 1.807) is 14.5 Å². The summed E-state index contributed by atoms with van der Waals surface area (Å²) in [7, 11) is 3.20. The van der Waals surface area contributed by atoms with Gasteiger partial charge in [0.15, 0.2) is 0 Å². The minimum atomic E-state index is 0.647. The van der Waals surface area contributed by atoms with Gasteiger partial charge in [-0.3, -0.25) is 0 Å². The Morgan fingerprint density at radius 1 is 1.50 bits per heavy atom. The number of ether oxygens (including phenoxy) is 1. The third kappa shape index (κ3) is 2.74. The van der Waals surface area contributed by atoms with E-state index in [0.29, 0.717) is 11.4 Å². The van der Waals surface area contributed by atoms with Crippen LogP contribution in [0, 0.1) is 0 Å². The first kappa shape index (κ1) is 12.7. The van der Waals surface area contributed by atoms with Gasteiger partial charge in [0.2, 0.25) is 0 Å². The minimum absolute atomic E-state index is 0.647. The van der Waals surface area contributed by atoms with Crippen LogP contribution in [0.2, 0.25) is 0 Å². The molecule has 1 aromatic rings. The molecular formula is C13H16BN2O2. The Balaban J connectivity index is 2.15. The number of nitrogen functional groups attached to an aromatic ring is 1. The summed E-state index contributed by atoms with van der Waals surface area (Å²) in [6.45, 7) is 1.62. The average molecular weight is 243 g/mol. The zero-order valence-corrected chi connectivity index (χ0v) is 10.4. The van der Waals surface area contributed by atoms with E-state index in [1.165, 1.54) is 5.57 Å². The van der Waals surface area contributed by atoms with Crippen molar-refractivity contribution in [2.45, 2.75) is 6.42 Å². The zero-order valence-electron chi connectivity index (χ0n) is 10.4. The lowest BCUT2D eigenvalue weighted by Gasteiger charge is -2.24. The molecule has 0 saturated heterocycles. The van der Waals surface area contributed by atoms with Crippen LogP contribution in [0.15, 0.2) is 24.3 Å². The van der Waals surface area contributed by atoms with Crippen LogP contribution in [-0.4, -0.2) is 38.6 Å². The van der Waals surface area contributed by atoms with Crippen molar-refractivity contribution in [3.05, 3.63) is 29.8 Å². The van der Waals surface area contributed by atoms with Crippen LogP contribution in [0.1, 0.15) is 12.0 Å². The first-order valence-electron chi connectivity index (χ1n) is 5.90. The van der Waals surface area contributed by atoms with Crippen LogP contribution < -0.4 is 10.5 Å². The predicted octanol–water partition coefficient (Wildman–Crippen LogP) is 1.18. The number of carbonyl (C=O) groups is 1. The largest absolute Gasteiger partial charge is 0.495 e. The highest BCUT2D eigenvalue weighted by Crippen LogP contribution is 2.29. The number of hydrogen-bond donors (Lipinski definition) is 1. The fourth-order valence-electron chi connectivity index (χ4n) is 2.08. The van der Waals surface area contributed by atoms with Gasteiger partial charge in [-0.05, 0) is 36.2 Å². The lowest BCUT2D eigenvalue weighted by atomic mass is 9.89. The molecule has 1 aliphatic heterocycles. The van der Waals surface area contributed by atoms with Crippen LogP contribution >= 0.6 is 0 Å². The van der Waals surface area contributed by atoms with Crippen molar-refractivity contribution in [2.24, 2.45) is 0 Å². The smallest absolute Gasteiger partial charge is 0.293 e. The van der Waals surface area contributed by atoms with Crippen LogP contribution in [-0.2, 0) is 4.79 Å². The van der Waals surface area contributed by atoms with Crippen LogP contribution in [0.5, 0.6) is 5.75 Å². The quantitative estimate of drug-likeness (QED) is 0.490. The third-order valence-electron chi connectivity index (χ3n) is 3.12. The van der Waals surface area contributed by atoms with Crippen LogP contribution in [0.4, 0.5) is 5.69 Å². The van der Waals surface area contributed by atoms with E-state index in [9.17, 15) is 4.79 Å². The maximum absolute atomic E-state index is 10.4. The Bertz CT molecular complexity index is 474. The highest BCUT2D eigenvalue weighted by atomic mass is 16.5. The van der Waals surface area contributed by atoms with Crippen molar-refractivity contribution in [1.82, 2.24) is 4.81 Å². The molecule has 0 fully saturated rings. The normalized spacial score (nSPS) is 15.9. The number of anilines is 1. The number of benzene rings is 1. The van der Waals surface area contributed by atoms with Crippen LogP contribution in [0.25, 0.3) is 5.57 Å². The van der Waals surface area contributed by atoms with E-state index >= 15 is 0 Å². The summed E-state index contributed by atoms with van der Waals surface area (Å²) in [4.78, 5) is 12.4. The number of methoxy groups -OCH3 is 1. The van der Waals surface area contributed by atoms with Crippen molar-refractivity contribution in [3.63, 3.8) is 0 Å². The van der Waals surface area contributed by atoms with Gasteiger partial charge in [0, 0.05) is 6.54 Å². The monoisotopic (exact) mass is 243 g/mol. The summed E-state index contributed by atoms with van der Waals surface area (Å²) in [6.07, 6.45) is 3.87. The van der Waals surface area contributed by atoms with E-state index in [4.69, 9.17) is 10.5 Å². The molecule has 18 heavy (non-hydrogen) atoms. The number of rotatable bonds is 4. The Morgan fingerprint density at radius 2 is 2.33 bits per heavy atom. The average Bonchev–Trinajstić information content (AvgIpc) is 2.41. The Labute approximate surface area is 108 Å². The van der Waals surface area contributed by atoms with Crippen molar-refractivity contribution >= 4 is 24.9 Å². The lowest BCUT2D eigenvalue weighted by molar-refractivity contribution is 0.417. The third-order valence-corrected chi connectivity index (χ3v) is 3.12. The molecule has 93 valence electrons. The maximum Gasteiger partial charge on any atom is 0.293 e. The van der Waals surface area contributed by atoms with Gasteiger partial charge in [-0.25, -0.2) is 0 Å². The fraction of sp³-hybridized carbons (Fsp3) is 0.308. The van der Waals surface area contributed by atoms with Gasteiger partial charge in [-0.15, -0.1) is 0 Å². The molecule has 0 aromatic heterocycles. The van der Waals surface area contributed by atoms with E-state index in [0.717, 1.165) is 31.3 Å². The summed E-state index contributed by atoms with van der Waals surface area (Å²) in [5.74, 6) is 0.704. The molecule has 0 saturated carbocycles. The van der Waals surface area contributed by atoms with Crippen molar-refractivity contribution in [3.8, 4) is 5.75 Å². The fourth-order valence-corrected chi connectivity index (χ4v) is 2.08. The number of nitrogens with two attached hydrogens (primary N) is 1. The Kier molecular flexibility index (Phi) is 4.05. The highest BCUT2D eigenvalue weighted by molar-refractivity contribution is 6.64. The lowest BCUT2D eigenvalue weighted by Crippen LogP contribution is -2.32. The molecule has 5 heteroatoms. The molecule has 0 spiro atoms. The second-order valence-corrected chi connectivity index (χ2v) is 4.22. The summed E-state index contributed by atoms with van der Waals surface area (Å²) >= 11 is 0. The van der Waals surface area contributed by atoms with E-state index < -0.39 is 0 Å². The van der Waals surface area contributed by atoms with Gasteiger partial charge in [0.05, 0.1) is 19.0 Å². The number of carbonyl (C=O) groups excluding carboxylic acids is 1. The zero-order chi connectivity index (χ0) is 13.0. The molecule has 2 N–H and O–H groups in total. The standard InChI is InChI=1S/C13H16BN2O2/c1-18-13-8-11(2-3-12(13)15)10-4-6-16(7-5-10)14-9-17/h2-4,8-9H,5-7,15H2,1H3. The van der Waals surface area contributed by atoms with Crippen LogP contribution in [0.3, 0.4) is 0 Å². The maximum atomic E-state index is 10.4. The minimum Gasteiger partial charge on any atom is -0.495 e. The van der Waals surface area contributed by atoms with Gasteiger partial charge < -0.3 is 20.1 Å². The second kappa shape index (κ2) is 5.73. The van der Waals surface area contributed by atoms with E-state index in [1.807, 2.05) is 23.0 Å². The van der Waals surface area contributed by atoms with Crippen molar-refractivity contribution in [1.29, 1.82) is 0 Å². The summed E-state index contributed by atoms with van der Waals surface area (Å²) in [5.41, 5.74) is 8.84. The van der Waals surface area contributed by atoms with Crippen molar-refractivity contribution < 1.29 is 9.53 Å². The number of nitrogens with zero attached hydrogens (tertiary/aromatic N) is 1. The molecular weight excluding hydrogens is 227 g/mol. The first-order chi connectivity index (χ1) is 8.74. The van der Waals surface area contributed by atoms with E-state index in [2.05, 4.69) is 6.08 Å². The molecule has 0 atom stereocenters. The molecule has 2 rings (SSSR count). The highest BCUT2D eigenvalue weighted by Gasteiger charge is 2.14. The predicted molar refractivity (Wildman–Crippen MR) is 74.1 cm³/mol. The molecule has 1 heterocycles. The Morgan fingerprint density at radius 3 is 2.94 bits per heavy atom. The number of hydrogen-bond acceptors (Lipinski definition) is 4.